The molecule has 0 spiro atoms. The number of rotatable bonds is 10. The number of aromatic nitrogens is 2. The average molecular weight is 507 g/mol. The molecule has 0 aliphatic carbocycles. The molecule has 0 saturated carbocycles. The van der Waals surface area contributed by atoms with Crippen molar-refractivity contribution in [3.05, 3.63) is 67.8 Å². The summed E-state index contributed by atoms with van der Waals surface area (Å²) in [4.78, 5) is 25.7. The Labute approximate surface area is 211 Å². The third kappa shape index (κ3) is 6.70. The van der Waals surface area contributed by atoms with Gasteiger partial charge in [-0.05, 0) is 67.2 Å². The molecule has 200 valence electrons. The third-order valence-electron chi connectivity index (χ3n) is 6.48. The lowest BCUT2D eigenvalue weighted by atomic mass is 10.1. The number of aliphatic hydroxyl groups excluding tert-OH is 1. The van der Waals surface area contributed by atoms with E-state index in [1.165, 1.54) is 11.1 Å². The van der Waals surface area contributed by atoms with E-state index in [4.69, 9.17) is 14.2 Å². The molecule has 2 fully saturated rings. The second kappa shape index (κ2) is 11.8. The van der Waals surface area contributed by atoms with Gasteiger partial charge in [-0.15, -0.1) is 0 Å². The third-order valence-corrected chi connectivity index (χ3v) is 6.48. The van der Waals surface area contributed by atoms with Crippen molar-refractivity contribution in [2.45, 2.75) is 104 Å². The molecule has 0 radical (unpaired) electrons. The van der Waals surface area contributed by atoms with Crippen LogP contribution in [0.5, 0.6) is 0 Å². The smallest absolute Gasteiger partial charge is 0.333 e. The molecule has 8 nitrogen and oxygen atoms in total. The largest absolute Gasteiger partial charge is 0.394 e. The van der Waals surface area contributed by atoms with Crippen molar-refractivity contribution in [2.75, 3.05) is 6.61 Å². The standard InChI is InChI=1S/C27H39FN2O6/c1-17(2)9-7-10-18(3)11-8-12-19(4)13-14-29-24(32)20(28)15-30(26(29)33)25-23-22(21(16-31)34-25)35-27(5,6)36-23/h9,11,13,15,21-23,25,31H,7-8,10,12,14,16H2,1-6H3/b18-11+,19-13+. The summed E-state index contributed by atoms with van der Waals surface area (Å²) in [6.07, 6.45) is 7.57. The van der Waals surface area contributed by atoms with E-state index in [0.717, 1.165) is 46.6 Å². The van der Waals surface area contributed by atoms with Crippen molar-refractivity contribution in [3.63, 3.8) is 0 Å². The molecule has 2 aliphatic heterocycles. The zero-order chi connectivity index (χ0) is 26.6. The Morgan fingerprint density at radius 2 is 1.64 bits per heavy atom. The first-order valence-corrected chi connectivity index (χ1v) is 12.5. The van der Waals surface area contributed by atoms with Gasteiger partial charge in [0.25, 0.3) is 5.56 Å². The molecule has 4 atom stereocenters. The highest BCUT2D eigenvalue weighted by Gasteiger charge is 2.56. The fourth-order valence-electron chi connectivity index (χ4n) is 4.55. The van der Waals surface area contributed by atoms with Crippen molar-refractivity contribution in [1.82, 2.24) is 9.13 Å². The van der Waals surface area contributed by atoms with Crippen molar-refractivity contribution in [3.8, 4) is 0 Å². The zero-order valence-electron chi connectivity index (χ0n) is 22.1. The van der Waals surface area contributed by atoms with Crippen LogP contribution in [0, 0.1) is 5.82 Å². The second-order valence-corrected chi connectivity index (χ2v) is 10.4. The van der Waals surface area contributed by atoms with Crippen LogP contribution in [0.15, 0.2) is 50.7 Å². The normalized spacial score (nSPS) is 25.8. The van der Waals surface area contributed by atoms with E-state index in [2.05, 4.69) is 32.9 Å². The Hall–Kier alpha value is -2.33. The van der Waals surface area contributed by atoms with Crippen LogP contribution < -0.4 is 11.2 Å². The fraction of sp³-hybridized carbons (Fsp3) is 0.630. The molecule has 2 aliphatic rings. The molecular formula is C27H39FN2O6. The van der Waals surface area contributed by atoms with Crippen LogP contribution in [0.25, 0.3) is 0 Å². The number of allylic oxidation sites excluding steroid dienone is 6. The molecule has 4 unspecified atom stereocenters. The number of hydrogen-bond donors (Lipinski definition) is 1. The van der Waals surface area contributed by atoms with Gasteiger partial charge in [0.2, 0.25) is 5.82 Å². The molecular weight excluding hydrogens is 467 g/mol. The lowest BCUT2D eigenvalue weighted by molar-refractivity contribution is -0.200. The summed E-state index contributed by atoms with van der Waals surface area (Å²) in [7, 11) is 0. The average Bonchev–Trinajstić information content (AvgIpc) is 3.28. The van der Waals surface area contributed by atoms with E-state index in [1.54, 1.807) is 19.9 Å². The molecule has 3 heterocycles. The highest BCUT2D eigenvalue weighted by Crippen LogP contribution is 2.42. The summed E-state index contributed by atoms with van der Waals surface area (Å²) in [5, 5.41) is 9.69. The van der Waals surface area contributed by atoms with Crippen molar-refractivity contribution >= 4 is 0 Å². The van der Waals surface area contributed by atoms with Crippen LogP contribution in [0.4, 0.5) is 4.39 Å². The van der Waals surface area contributed by atoms with E-state index in [1.807, 2.05) is 6.92 Å². The SMILES string of the molecule is CC(C)=CCC/C(C)=C/CC/C(C)=C/Cn1c(=O)c(F)cn(C2OC(CO)C3OC(C)(C)OC32)c1=O. The van der Waals surface area contributed by atoms with Gasteiger partial charge in [-0.25, -0.2) is 4.79 Å². The molecule has 9 heteroatoms. The molecule has 0 aromatic carbocycles. The predicted molar refractivity (Wildman–Crippen MR) is 135 cm³/mol. The molecule has 3 rings (SSSR count). The number of hydrogen-bond acceptors (Lipinski definition) is 6. The summed E-state index contributed by atoms with van der Waals surface area (Å²) in [5.41, 5.74) is 1.93. The minimum atomic E-state index is -1.07. The minimum absolute atomic E-state index is 0.0579. The number of fused-ring (bicyclic) bond motifs is 1. The highest BCUT2D eigenvalue weighted by molar-refractivity contribution is 5.06. The van der Waals surface area contributed by atoms with Gasteiger partial charge >= 0.3 is 5.69 Å². The molecule has 1 aromatic heterocycles. The van der Waals surface area contributed by atoms with Gasteiger partial charge < -0.3 is 19.3 Å². The number of aliphatic hydroxyl groups is 1. The summed E-state index contributed by atoms with van der Waals surface area (Å²) in [6, 6.07) is 0. The first kappa shape index (κ1) is 28.2. The van der Waals surface area contributed by atoms with Gasteiger partial charge in [0.05, 0.1) is 12.8 Å². The van der Waals surface area contributed by atoms with E-state index < -0.39 is 47.4 Å². The van der Waals surface area contributed by atoms with Gasteiger partial charge in [-0.1, -0.05) is 34.9 Å². The number of halogens is 1. The first-order valence-electron chi connectivity index (χ1n) is 12.5. The van der Waals surface area contributed by atoms with E-state index in [0.29, 0.717) is 0 Å². The molecule has 0 amide bonds. The van der Waals surface area contributed by atoms with Gasteiger partial charge in [0.1, 0.15) is 18.3 Å². The predicted octanol–water partition coefficient (Wildman–Crippen LogP) is 3.98. The van der Waals surface area contributed by atoms with Gasteiger partial charge in [-0.3, -0.25) is 13.9 Å². The van der Waals surface area contributed by atoms with Crippen molar-refractivity contribution in [1.29, 1.82) is 0 Å². The van der Waals surface area contributed by atoms with E-state index in [-0.39, 0.29) is 13.2 Å². The molecule has 36 heavy (non-hydrogen) atoms. The van der Waals surface area contributed by atoms with Crippen LogP contribution in [0.3, 0.4) is 0 Å². The maximum Gasteiger partial charge on any atom is 0.333 e. The van der Waals surface area contributed by atoms with Gasteiger partial charge in [-0.2, -0.15) is 4.39 Å². The molecule has 1 aromatic rings. The Balaban J connectivity index is 1.74. The van der Waals surface area contributed by atoms with Crippen LogP contribution >= 0.6 is 0 Å². The zero-order valence-corrected chi connectivity index (χ0v) is 22.1. The van der Waals surface area contributed by atoms with Crippen LogP contribution in [0.2, 0.25) is 0 Å². The Morgan fingerprint density at radius 1 is 1.03 bits per heavy atom. The lowest BCUT2D eigenvalue weighted by Crippen LogP contribution is -2.44. The van der Waals surface area contributed by atoms with Crippen molar-refractivity contribution < 1.29 is 23.7 Å². The molecule has 2 saturated heterocycles. The van der Waals surface area contributed by atoms with E-state index in [9.17, 15) is 19.1 Å². The van der Waals surface area contributed by atoms with Gasteiger partial charge in [0, 0.05) is 6.54 Å². The minimum Gasteiger partial charge on any atom is -0.394 e. The quantitative estimate of drug-likeness (QED) is 0.483. The monoisotopic (exact) mass is 506 g/mol. The maximum absolute atomic E-state index is 14.6. The molecule has 1 N–H and O–H groups in total. The second-order valence-electron chi connectivity index (χ2n) is 10.4. The van der Waals surface area contributed by atoms with Crippen LogP contribution in [-0.4, -0.2) is 44.9 Å². The van der Waals surface area contributed by atoms with Crippen LogP contribution in [0.1, 0.15) is 73.5 Å². The maximum atomic E-state index is 14.6. The van der Waals surface area contributed by atoms with Crippen molar-refractivity contribution in [2.24, 2.45) is 0 Å². The van der Waals surface area contributed by atoms with Crippen LogP contribution in [-0.2, 0) is 20.8 Å². The first-order chi connectivity index (χ1) is 16.9. The lowest BCUT2D eigenvalue weighted by Gasteiger charge is -2.24. The fourth-order valence-corrected chi connectivity index (χ4v) is 4.55. The van der Waals surface area contributed by atoms with E-state index >= 15 is 0 Å². The molecule has 0 bridgehead atoms. The summed E-state index contributed by atoms with van der Waals surface area (Å²) >= 11 is 0. The Bertz CT molecular complexity index is 1140. The topological polar surface area (TPSA) is 91.9 Å². The van der Waals surface area contributed by atoms with Gasteiger partial charge in [0.15, 0.2) is 12.0 Å². The Kier molecular flexibility index (Phi) is 9.27. The Morgan fingerprint density at radius 3 is 2.28 bits per heavy atom. The number of ether oxygens (including phenoxy) is 3. The summed E-state index contributed by atoms with van der Waals surface area (Å²) < 4.78 is 34.0. The highest BCUT2D eigenvalue weighted by atomic mass is 19.1. The summed E-state index contributed by atoms with van der Waals surface area (Å²) in [5.74, 6) is -2.01. The summed E-state index contributed by atoms with van der Waals surface area (Å²) in [6.45, 7) is 11.3. The number of nitrogens with zero attached hydrogens (tertiary/aromatic N) is 2.